The van der Waals surface area contributed by atoms with E-state index < -0.39 is 12.1 Å². The lowest BCUT2D eigenvalue weighted by molar-refractivity contribution is -0.136. The summed E-state index contributed by atoms with van der Waals surface area (Å²) in [5.74, 6) is -0.911. The van der Waals surface area contributed by atoms with Gasteiger partial charge in [0.05, 0.1) is 25.2 Å². The minimum Gasteiger partial charge on any atom is -0.481 e. The minimum absolute atomic E-state index is 0.0965. The van der Waals surface area contributed by atoms with Crippen LogP contribution in [0.2, 0.25) is 0 Å². The van der Waals surface area contributed by atoms with Gasteiger partial charge < -0.3 is 10.0 Å². The standard InChI is InChI=1S/C10H11FN2O2/c11-7-5-13(6-7)9-1-2-12-8(3-9)4-10(14)15/h1-3,7H,4-6H2,(H,14,15). The molecule has 1 aliphatic rings. The first-order valence-electron chi connectivity index (χ1n) is 4.71. The van der Waals surface area contributed by atoms with Crippen LogP contribution >= 0.6 is 0 Å². The van der Waals surface area contributed by atoms with Crippen LogP contribution in [0.3, 0.4) is 0 Å². The molecule has 0 spiro atoms. The monoisotopic (exact) mass is 210 g/mol. The van der Waals surface area contributed by atoms with Gasteiger partial charge in [0.25, 0.3) is 0 Å². The first-order chi connectivity index (χ1) is 7.15. The number of aliphatic carboxylic acids is 1. The molecule has 0 aromatic carbocycles. The fraction of sp³-hybridized carbons (Fsp3) is 0.400. The van der Waals surface area contributed by atoms with Gasteiger partial charge in [0, 0.05) is 11.9 Å². The number of alkyl halides is 1. The molecule has 1 saturated heterocycles. The number of rotatable bonds is 3. The molecule has 2 rings (SSSR count). The van der Waals surface area contributed by atoms with E-state index >= 15 is 0 Å². The highest BCUT2D eigenvalue weighted by molar-refractivity contribution is 5.70. The maximum Gasteiger partial charge on any atom is 0.309 e. The highest BCUT2D eigenvalue weighted by Crippen LogP contribution is 2.22. The summed E-state index contributed by atoms with van der Waals surface area (Å²) in [6, 6.07) is 3.46. The fourth-order valence-electron chi connectivity index (χ4n) is 1.55. The van der Waals surface area contributed by atoms with Gasteiger partial charge in [0.2, 0.25) is 0 Å². The summed E-state index contributed by atoms with van der Waals surface area (Å²) < 4.78 is 12.6. The van der Waals surface area contributed by atoms with Crippen LogP contribution in [0.25, 0.3) is 0 Å². The lowest BCUT2D eigenvalue weighted by Gasteiger charge is -2.36. The average Bonchev–Trinajstić information content (AvgIpc) is 2.12. The van der Waals surface area contributed by atoms with E-state index in [9.17, 15) is 9.18 Å². The molecular weight excluding hydrogens is 199 g/mol. The molecule has 1 aliphatic heterocycles. The lowest BCUT2D eigenvalue weighted by Crippen LogP contribution is -2.48. The topological polar surface area (TPSA) is 53.4 Å². The van der Waals surface area contributed by atoms with Crippen molar-refractivity contribution in [3.63, 3.8) is 0 Å². The van der Waals surface area contributed by atoms with Crippen molar-refractivity contribution >= 4 is 11.7 Å². The van der Waals surface area contributed by atoms with Crippen molar-refractivity contribution in [3.05, 3.63) is 24.0 Å². The molecule has 0 atom stereocenters. The fourth-order valence-corrected chi connectivity index (χ4v) is 1.55. The van der Waals surface area contributed by atoms with Crippen molar-refractivity contribution in [2.75, 3.05) is 18.0 Å². The summed E-state index contributed by atoms with van der Waals surface area (Å²) >= 11 is 0. The molecule has 4 nitrogen and oxygen atoms in total. The van der Waals surface area contributed by atoms with Crippen molar-refractivity contribution in [3.8, 4) is 0 Å². The molecule has 5 heteroatoms. The Bertz CT molecular complexity index is 377. The molecule has 80 valence electrons. The van der Waals surface area contributed by atoms with Crippen molar-refractivity contribution in [2.45, 2.75) is 12.6 Å². The summed E-state index contributed by atoms with van der Waals surface area (Å²) in [5.41, 5.74) is 1.34. The van der Waals surface area contributed by atoms with Crippen LogP contribution in [0, 0.1) is 0 Å². The molecule has 2 heterocycles. The minimum atomic E-state index is -0.911. The number of carboxylic acid groups (broad SMARTS) is 1. The Hall–Kier alpha value is -1.65. The molecule has 15 heavy (non-hydrogen) atoms. The third-order valence-electron chi connectivity index (χ3n) is 2.33. The molecular formula is C10H11FN2O2. The number of halogens is 1. The van der Waals surface area contributed by atoms with E-state index in [-0.39, 0.29) is 6.42 Å². The Labute approximate surface area is 86.4 Å². The quantitative estimate of drug-likeness (QED) is 0.804. The van der Waals surface area contributed by atoms with Gasteiger partial charge in [-0.25, -0.2) is 4.39 Å². The van der Waals surface area contributed by atoms with Crippen LogP contribution in [0.1, 0.15) is 5.69 Å². The van der Waals surface area contributed by atoms with Gasteiger partial charge in [0.15, 0.2) is 0 Å². The highest BCUT2D eigenvalue weighted by atomic mass is 19.1. The second kappa shape index (κ2) is 3.84. The van der Waals surface area contributed by atoms with E-state index in [0.29, 0.717) is 18.8 Å². The van der Waals surface area contributed by atoms with Crippen LogP contribution in [0.15, 0.2) is 18.3 Å². The largest absolute Gasteiger partial charge is 0.481 e. The van der Waals surface area contributed by atoms with Gasteiger partial charge in [-0.15, -0.1) is 0 Å². The first kappa shape index (κ1) is 9.89. The van der Waals surface area contributed by atoms with E-state index in [1.54, 1.807) is 18.3 Å². The van der Waals surface area contributed by atoms with Gasteiger partial charge in [-0.1, -0.05) is 0 Å². The molecule has 0 amide bonds. The zero-order valence-electron chi connectivity index (χ0n) is 8.06. The maximum absolute atomic E-state index is 12.6. The Balaban J connectivity index is 2.09. The summed E-state index contributed by atoms with van der Waals surface area (Å²) in [6.07, 6.45) is 0.695. The van der Waals surface area contributed by atoms with E-state index in [1.807, 2.05) is 4.90 Å². The lowest BCUT2D eigenvalue weighted by atomic mass is 10.1. The number of carboxylic acids is 1. The van der Waals surface area contributed by atoms with Crippen molar-refractivity contribution in [2.24, 2.45) is 0 Å². The predicted molar refractivity (Wildman–Crippen MR) is 52.7 cm³/mol. The second-order valence-electron chi connectivity index (χ2n) is 3.58. The van der Waals surface area contributed by atoms with E-state index in [4.69, 9.17) is 5.11 Å². The molecule has 0 unspecified atom stereocenters. The summed E-state index contributed by atoms with van der Waals surface area (Å²) in [6.45, 7) is 0.771. The van der Waals surface area contributed by atoms with E-state index in [0.717, 1.165) is 5.69 Å². The number of anilines is 1. The Morgan fingerprint density at radius 3 is 3.00 bits per heavy atom. The van der Waals surface area contributed by atoms with Gasteiger partial charge in [0.1, 0.15) is 6.17 Å². The molecule has 0 bridgehead atoms. The third kappa shape index (κ3) is 2.23. The summed E-state index contributed by atoms with van der Waals surface area (Å²) in [4.78, 5) is 16.3. The highest BCUT2D eigenvalue weighted by Gasteiger charge is 2.26. The van der Waals surface area contributed by atoms with Crippen molar-refractivity contribution < 1.29 is 14.3 Å². The first-order valence-corrected chi connectivity index (χ1v) is 4.71. The van der Waals surface area contributed by atoms with Crippen molar-refractivity contribution in [1.29, 1.82) is 0 Å². The van der Waals surface area contributed by atoms with Gasteiger partial charge in [-0.3, -0.25) is 9.78 Å². The Kier molecular flexibility index (Phi) is 2.53. The molecule has 1 N–H and O–H groups in total. The second-order valence-corrected chi connectivity index (χ2v) is 3.58. The molecule has 0 saturated carbocycles. The molecule has 0 aliphatic carbocycles. The summed E-state index contributed by atoms with van der Waals surface area (Å²) in [5, 5.41) is 8.60. The average molecular weight is 210 g/mol. The van der Waals surface area contributed by atoms with Crippen LogP contribution in [-0.4, -0.2) is 35.3 Å². The van der Waals surface area contributed by atoms with Crippen LogP contribution < -0.4 is 4.90 Å². The number of hydrogen-bond acceptors (Lipinski definition) is 3. The normalized spacial score (nSPS) is 16.2. The molecule has 1 aromatic rings. The SMILES string of the molecule is O=C(O)Cc1cc(N2CC(F)C2)ccn1. The number of hydrogen-bond donors (Lipinski definition) is 1. The smallest absolute Gasteiger partial charge is 0.309 e. The molecule has 0 radical (unpaired) electrons. The van der Waals surface area contributed by atoms with E-state index in [2.05, 4.69) is 4.98 Å². The zero-order chi connectivity index (χ0) is 10.8. The van der Waals surface area contributed by atoms with Gasteiger partial charge >= 0.3 is 5.97 Å². The molecule has 1 aromatic heterocycles. The maximum atomic E-state index is 12.6. The Morgan fingerprint density at radius 1 is 1.67 bits per heavy atom. The van der Waals surface area contributed by atoms with E-state index in [1.165, 1.54) is 0 Å². The number of aromatic nitrogens is 1. The van der Waals surface area contributed by atoms with Crippen LogP contribution in [0.4, 0.5) is 10.1 Å². The molecule has 1 fully saturated rings. The van der Waals surface area contributed by atoms with Crippen LogP contribution in [-0.2, 0) is 11.2 Å². The van der Waals surface area contributed by atoms with Crippen molar-refractivity contribution in [1.82, 2.24) is 4.98 Å². The predicted octanol–water partition coefficient (Wildman–Crippen LogP) is 0.867. The number of pyridine rings is 1. The van der Waals surface area contributed by atoms with Gasteiger partial charge in [-0.05, 0) is 12.1 Å². The Morgan fingerprint density at radius 2 is 2.40 bits per heavy atom. The zero-order valence-corrected chi connectivity index (χ0v) is 8.06. The number of nitrogens with zero attached hydrogens (tertiary/aromatic N) is 2. The third-order valence-corrected chi connectivity index (χ3v) is 2.33. The summed E-state index contributed by atoms with van der Waals surface area (Å²) in [7, 11) is 0. The van der Waals surface area contributed by atoms with Crippen LogP contribution in [0.5, 0.6) is 0 Å². The number of carbonyl (C=O) groups is 1. The van der Waals surface area contributed by atoms with Gasteiger partial charge in [-0.2, -0.15) is 0 Å².